The number of hydrogen-bond donors (Lipinski definition) is 2. The van der Waals surface area contributed by atoms with Gasteiger partial charge in [-0.15, -0.1) is 17.0 Å². The van der Waals surface area contributed by atoms with Gasteiger partial charge in [0, 0.05) is 12.3 Å². The molecule has 0 unspecified atom stereocenters. The summed E-state index contributed by atoms with van der Waals surface area (Å²) >= 11 is 0.563. The monoisotopic (exact) mass is 398 g/mol. The van der Waals surface area contributed by atoms with Crippen LogP contribution in [0.2, 0.25) is 0 Å². The molecule has 0 spiro atoms. The van der Waals surface area contributed by atoms with Gasteiger partial charge in [0.2, 0.25) is 5.88 Å². The van der Waals surface area contributed by atoms with Gasteiger partial charge in [-0.1, -0.05) is 11.8 Å². The highest BCUT2D eigenvalue weighted by Crippen LogP contribution is 2.38. The molecule has 12 heteroatoms. The van der Waals surface area contributed by atoms with Crippen molar-refractivity contribution in [1.29, 1.82) is 5.41 Å². The number of ether oxygens (including phenoxy) is 1. The number of aryl methyl sites for hydroxylation is 1. The lowest BCUT2D eigenvalue weighted by molar-refractivity contribution is -0.142. The van der Waals surface area contributed by atoms with Crippen molar-refractivity contribution in [3.05, 3.63) is 11.3 Å². The third kappa shape index (κ3) is 5.34. The standard InChI is InChI=1S/C9H11F5N4OS.BrH/c1-2-18-6(19-7(10)11)4(3-20-8(15)16)5(17-18)9(12,13)14;/h7H,2-3H2,1H3,(H3,15,16);1H. The van der Waals surface area contributed by atoms with Crippen LogP contribution in [0.3, 0.4) is 0 Å². The molecule has 21 heavy (non-hydrogen) atoms. The summed E-state index contributed by atoms with van der Waals surface area (Å²) < 4.78 is 67.9. The Morgan fingerprint density at radius 3 is 2.43 bits per heavy atom. The molecule has 0 aromatic carbocycles. The molecule has 0 aliphatic carbocycles. The summed E-state index contributed by atoms with van der Waals surface area (Å²) in [5.41, 5.74) is 3.17. The molecule has 0 saturated heterocycles. The lowest BCUT2D eigenvalue weighted by atomic mass is 10.2. The Balaban J connectivity index is 0.00000400. The van der Waals surface area contributed by atoms with Crippen molar-refractivity contribution in [3.8, 4) is 5.88 Å². The molecule has 0 aliphatic heterocycles. The second kappa shape index (κ2) is 7.82. The maximum Gasteiger partial charge on any atom is 0.435 e. The van der Waals surface area contributed by atoms with Crippen LogP contribution in [0.4, 0.5) is 22.0 Å². The van der Waals surface area contributed by atoms with Crippen molar-refractivity contribution < 1.29 is 26.7 Å². The lowest BCUT2D eigenvalue weighted by Gasteiger charge is -2.09. The maximum atomic E-state index is 12.8. The molecule has 122 valence electrons. The zero-order chi connectivity index (χ0) is 15.5. The van der Waals surface area contributed by atoms with E-state index in [9.17, 15) is 22.0 Å². The average Bonchev–Trinajstić information content (AvgIpc) is 2.63. The van der Waals surface area contributed by atoms with Crippen LogP contribution in [0, 0.1) is 5.41 Å². The summed E-state index contributed by atoms with van der Waals surface area (Å²) in [5.74, 6) is -1.10. The number of rotatable bonds is 5. The number of halogens is 6. The normalized spacial score (nSPS) is 11.4. The number of nitrogens with zero attached hydrogens (tertiary/aromatic N) is 2. The fraction of sp³-hybridized carbons (Fsp3) is 0.556. The summed E-state index contributed by atoms with van der Waals surface area (Å²) in [6, 6.07) is 0. The first-order chi connectivity index (χ1) is 9.16. The number of thioether (sulfide) groups is 1. The second-order valence-corrected chi connectivity index (χ2v) is 4.49. The molecule has 1 aromatic heterocycles. The van der Waals surface area contributed by atoms with Gasteiger partial charge in [-0.25, -0.2) is 4.68 Å². The predicted octanol–water partition coefficient (Wildman–Crippen LogP) is 3.23. The van der Waals surface area contributed by atoms with Crippen molar-refractivity contribution in [2.45, 2.75) is 32.0 Å². The number of hydrogen-bond acceptors (Lipinski definition) is 4. The quantitative estimate of drug-likeness (QED) is 0.453. The van der Waals surface area contributed by atoms with E-state index >= 15 is 0 Å². The van der Waals surface area contributed by atoms with E-state index in [-0.39, 0.29) is 23.5 Å². The van der Waals surface area contributed by atoms with Crippen LogP contribution >= 0.6 is 28.7 Å². The van der Waals surface area contributed by atoms with Gasteiger partial charge in [0.15, 0.2) is 10.9 Å². The fourth-order valence-corrected chi connectivity index (χ4v) is 1.98. The van der Waals surface area contributed by atoms with Gasteiger partial charge in [0.1, 0.15) is 0 Å². The van der Waals surface area contributed by atoms with Crippen molar-refractivity contribution in [3.63, 3.8) is 0 Å². The lowest BCUT2D eigenvalue weighted by Crippen LogP contribution is -2.11. The van der Waals surface area contributed by atoms with E-state index in [1.165, 1.54) is 6.92 Å². The summed E-state index contributed by atoms with van der Waals surface area (Å²) in [4.78, 5) is 0. The maximum absolute atomic E-state index is 12.8. The van der Waals surface area contributed by atoms with E-state index in [1.54, 1.807) is 0 Å². The third-order valence-corrected chi connectivity index (χ3v) is 2.88. The fourth-order valence-electron chi connectivity index (χ4n) is 1.42. The highest BCUT2D eigenvalue weighted by atomic mass is 79.9. The third-order valence-electron chi connectivity index (χ3n) is 2.14. The van der Waals surface area contributed by atoms with Crippen LogP contribution in [0.25, 0.3) is 0 Å². The van der Waals surface area contributed by atoms with Crippen molar-refractivity contribution in [2.24, 2.45) is 5.73 Å². The van der Waals surface area contributed by atoms with Gasteiger partial charge in [-0.2, -0.15) is 27.1 Å². The Kier molecular flexibility index (Phi) is 7.44. The molecule has 1 rings (SSSR count). The van der Waals surface area contributed by atoms with Gasteiger partial charge in [-0.3, -0.25) is 5.41 Å². The van der Waals surface area contributed by atoms with E-state index in [2.05, 4.69) is 9.84 Å². The highest BCUT2D eigenvalue weighted by molar-refractivity contribution is 8.93. The number of nitrogens with one attached hydrogen (secondary N) is 1. The Morgan fingerprint density at radius 1 is 1.48 bits per heavy atom. The zero-order valence-electron chi connectivity index (χ0n) is 10.6. The Morgan fingerprint density at radius 2 is 2.05 bits per heavy atom. The van der Waals surface area contributed by atoms with E-state index in [0.29, 0.717) is 16.4 Å². The second-order valence-electron chi connectivity index (χ2n) is 3.48. The molecule has 0 radical (unpaired) electrons. The molecule has 0 fully saturated rings. The molecule has 3 N–H and O–H groups in total. The predicted molar refractivity (Wildman–Crippen MR) is 73.1 cm³/mol. The van der Waals surface area contributed by atoms with Gasteiger partial charge < -0.3 is 10.5 Å². The number of amidine groups is 1. The number of alkyl halides is 5. The van der Waals surface area contributed by atoms with Crippen LogP contribution < -0.4 is 10.5 Å². The Hall–Kier alpha value is -1.04. The first-order valence-electron chi connectivity index (χ1n) is 5.25. The largest absolute Gasteiger partial charge is 0.435 e. The minimum atomic E-state index is -4.81. The van der Waals surface area contributed by atoms with Crippen LogP contribution in [0.5, 0.6) is 5.88 Å². The Bertz CT molecular complexity index is 493. The molecule has 0 saturated carbocycles. The molecule has 0 atom stereocenters. The van der Waals surface area contributed by atoms with E-state index in [0.717, 1.165) is 0 Å². The average molecular weight is 399 g/mol. The number of aromatic nitrogens is 2. The Labute approximate surface area is 131 Å². The summed E-state index contributed by atoms with van der Waals surface area (Å²) in [6.45, 7) is -1.91. The van der Waals surface area contributed by atoms with Crippen LogP contribution in [0.15, 0.2) is 0 Å². The molecule has 0 bridgehead atoms. The van der Waals surface area contributed by atoms with Gasteiger partial charge in [0.25, 0.3) is 0 Å². The van der Waals surface area contributed by atoms with Gasteiger partial charge in [0.05, 0.1) is 5.56 Å². The summed E-state index contributed by atoms with van der Waals surface area (Å²) in [6.07, 6.45) is -4.81. The first kappa shape index (κ1) is 20.0. The molecule has 1 aromatic rings. The van der Waals surface area contributed by atoms with Crippen molar-refractivity contribution in [1.82, 2.24) is 9.78 Å². The van der Waals surface area contributed by atoms with Crippen molar-refractivity contribution >= 4 is 33.9 Å². The highest BCUT2D eigenvalue weighted by Gasteiger charge is 2.40. The van der Waals surface area contributed by atoms with Gasteiger partial charge >= 0.3 is 12.8 Å². The SMILES string of the molecule is Br.CCn1nc(C(F)(F)F)c(CSC(=N)N)c1OC(F)F. The van der Waals surface area contributed by atoms with Crippen LogP contribution in [0.1, 0.15) is 18.2 Å². The van der Waals surface area contributed by atoms with E-state index in [1.807, 2.05) is 0 Å². The smallest absolute Gasteiger partial charge is 0.417 e. The minimum Gasteiger partial charge on any atom is -0.417 e. The first-order valence-corrected chi connectivity index (χ1v) is 6.23. The van der Waals surface area contributed by atoms with E-state index < -0.39 is 40.8 Å². The molecule has 5 nitrogen and oxygen atoms in total. The van der Waals surface area contributed by atoms with Crippen LogP contribution in [-0.2, 0) is 18.5 Å². The van der Waals surface area contributed by atoms with Gasteiger partial charge in [-0.05, 0) is 6.92 Å². The minimum absolute atomic E-state index is 0. The molecule has 0 aliphatic rings. The molecule has 1 heterocycles. The number of nitrogens with two attached hydrogens (primary N) is 1. The summed E-state index contributed by atoms with van der Waals surface area (Å²) in [5, 5.41) is 9.78. The van der Waals surface area contributed by atoms with Crippen LogP contribution in [-0.4, -0.2) is 21.6 Å². The van der Waals surface area contributed by atoms with Crippen molar-refractivity contribution in [2.75, 3.05) is 0 Å². The molecular formula is C9H12BrF5N4OS. The summed E-state index contributed by atoms with van der Waals surface area (Å²) in [7, 11) is 0. The zero-order valence-corrected chi connectivity index (χ0v) is 13.1. The molecular weight excluding hydrogens is 387 g/mol. The topological polar surface area (TPSA) is 76.9 Å². The van der Waals surface area contributed by atoms with E-state index in [4.69, 9.17) is 11.1 Å². The molecule has 0 amide bonds.